The van der Waals surface area contributed by atoms with Gasteiger partial charge in [0.15, 0.2) is 0 Å². The van der Waals surface area contributed by atoms with E-state index in [1.807, 2.05) is 6.92 Å². The first-order valence-electron chi connectivity index (χ1n) is 6.82. The van der Waals surface area contributed by atoms with Gasteiger partial charge in [0.05, 0.1) is 30.1 Å². The Morgan fingerprint density at radius 2 is 2.27 bits per heavy atom. The molecule has 2 aromatic rings. The first kappa shape index (κ1) is 14.5. The minimum Gasteiger partial charge on any atom is -0.346 e. The standard InChI is InChI=1S/C13H16N6O2S/c1-6-10(7(2)16-12(21)15-6)11(20)14-4-9-5-19-13(17-9)22-8(3)18-19/h5-6H,4H2,1-3H3,(H,14,20)(H2,15,16,21)/t6-/m1/s1. The second-order valence-corrected chi connectivity index (χ2v) is 6.28. The van der Waals surface area contributed by atoms with E-state index in [0.29, 0.717) is 17.8 Å². The molecule has 0 radical (unpaired) electrons. The Labute approximate surface area is 130 Å². The average Bonchev–Trinajstić information content (AvgIpc) is 2.91. The van der Waals surface area contributed by atoms with E-state index in [0.717, 1.165) is 15.7 Å². The van der Waals surface area contributed by atoms with Crippen molar-refractivity contribution in [2.24, 2.45) is 0 Å². The number of carbonyl (C=O) groups excluding carboxylic acids is 2. The number of carbonyl (C=O) groups is 2. The molecule has 3 N–H and O–H groups in total. The predicted molar refractivity (Wildman–Crippen MR) is 81.3 cm³/mol. The van der Waals surface area contributed by atoms with Gasteiger partial charge in [0, 0.05) is 5.70 Å². The molecule has 0 unspecified atom stereocenters. The van der Waals surface area contributed by atoms with Crippen LogP contribution in [0.3, 0.4) is 0 Å². The Balaban J connectivity index is 1.70. The van der Waals surface area contributed by atoms with Crippen LogP contribution in [0.5, 0.6) is 0 Å². The van der Waals surface area contributed by atoms with Gasteiger partial charge < -0.3 is 16.0 Å². The smallest absolute Gasteiger partial charge is 0.319 e. The summed E-state index contributed by atoms with van der Waals surface area (Å²) in [5, 5.41) is 13.3. The lowest BCUT2D eigenvalue weighted by Gasteiger charge is -2.25. The minimum absolute atomic E-state index is 0.224. The van der Waals surface area contributed by atoms with Crippen LogP contribution in [0.1, 0.15) is 24.5 Å². The normalized spacial score (nSPS) is 18.3. The topological polar surface area (TPSA) is 100 Å². The monoisotopic (exact) mass is 320 g/mol. The summed E-state index contributed by atoms with van der Waals surface area (Å²) in [5.74, 6) is -0.224. The number of fused-ring (bicyclic) bond motifs is 1. The maximum absolute atomic E-state index is 12.3. The van der Waals surface area contributed by atoms with E-state index in [2.05, 4.69) is 26.0 Å². The number of urea groups is 1. The Hall–Kier alpha value is -2.42. The van der Waals surface area contributed by atoms with E-state index in [4.69, 9.17) is 0 Å². The molecule has 22 heavy (non-hydrogen) atoms. The number of aromatic nitrogens is 3. The van der Waals surface area contributed by atoms with Gasteiger partial charge in [-0.2, -0.15) is 5.10 Å². The molecule has 3 heterocycles. The maximum Gasteiger partial charge on any atom is 0.319 e. The summed E-state index contributed by atoms with van der Waals surface area (Å²) in [6, 6.07) is -0.624. The van der Waals surface area contributed by atoms with Gasteiger partial charge >= 0.3 is 6.03 Å². The molecule has 2 aromatic heterocycles. The summed E-state index contributed by atoms with van der Waals surface area (Å²) < 4.78 is 1.71. The highest BCUT2D eigenvalue weighted by molar-refractivity contribution is 7.16. The molecule has 1 aliphatic heterocycles. The van der Waals surface area contributed by atoms with Gasteiger partial charge in [0.1, 0.15) is 5.01 Å². The van der Waals surface area contributed by atoms with Crippen molar-refractivity contribution in [2.45, 2.75) is 33.4 Å². The van der Waals surface area contributed by atoms with Crippen molar-refractivity contribution < 1.29 is 9.59 Å². The molecule has 9 heteroatoms. The van der Waals surface area contributed by atoms with Crippen LogP contribution in [0.4, 0.5) is 4.79 Å². The first-order chi connectivity index (χ1) is 10.4. The average molecular weight is 320 g/mol. The van der Waals surface area contributed by atoms with Crippen LogP contribution in [-0.2, 0) is 11.3 Å². The summed E-state index contributed by atoms with van der Waals surface area (Å²) in [6.07, 6.45) is 1.80. The lowest BCUT2D eigenvalue weighted by Crippen LogP contribution is -2.50. The maximum atomic E-state index is 12.3. The molecule has 0 spiro atoms. The van der Waals surface area contributed by atoms with Crippen LogP contribution >= 0.6 is 11.3 Å². The van der Waals surface area contributed by atoms with Gasteiger partial charge in [-0.05, 0) is 20.8 Å². The molecule has 8 nitrogen and oxygen atoms in total. The number of imidazole rings is 1. The summed E-state index contributed by atoms with van der Waals surface area (Å²) >= 11 is 1.50. The fraction of sp³-hybridized carbons (Fsp3) is 0.385. The van der Waals surface area contributed by atoms with Crippen molar-refractivity contribution in [3.8, 4) is 0 Å². The highest BCUT2D eigenvalue weighted by Crippen LogP contribution is 2.14. The first-order valence-corrected chi connectivity index (χ1v) is 7.64. The molecule has 0 saturated carbocycles. The van der Waals surface area contributed by atoms with Gasteiger partial charge in [0.2, 0.25) is 4.96 Å². The van der Waals surface area contributed by atoms with E-state index < -0.39 is 0 Å². The van der Waals surface area contributed by atoms with Crippen LogP contribution in [0, 0.1) is 6.92 Å². The summed E-state index contributed by atoms with van der Waals surface area (Å²) in [4.78, 5) is 28.8. The zero-order valence-corrected chi connectivity index (χ0v) is 13.2. The highest BCUT2D eigenvalue weighted by atomic mass is 32.1. The van der Waals surface area contributed by atoms with Gasteiger partial charge in [0.25, 0.3) is 5.91 Å². The van der Waals surface area contributed by atoms with E-state index in [9.17, 15) is 9.59 Å². The van der Waals surface area contributed by atoms with E-state index in [1.54, 1.807) is 24.6 Å². The lowest BCUT2D eigenvalue weighted by atomic mass is 10.0. The van der Waals surface area contributed by atoms with Crippen LogP contribution < -0.4 is 16.0 Å². The predicted octanol–water partition coefficient (Wildman–Crippen LogP) is 0.691. The van der Waals surface area contributed by atoms with Gasteiger partial charge in [-0.25, -0.2) is 14.3 Å². The quantitative estimate of drug-likeness (QED) is 0.774. The second-order valence-electron chi connectivity index (χ2n) is 5.12. The number of amides is 3. The van der Waals surface area contributed by atoms with E-state index in [1.165, 1.54) is 11.3 Å². The van der Waals surface area contributed by atoms with Crippen LogP contribution in [0.25, 0.3) is 4.96 Å². The third kappa shape index (κ3) is 2.67. The Morgan fingerprint density at radius 1 is 1.50 bits per heavy atom. The van der Waals surface area contributed by atoms with Crippen molar-refractivity contribution >= 4 is 28.2 Å². The Bertz CT molecular complexity index is 758. The summed E-state index contributed by atoms with van der Waals surface area (Å²) in [5.41, 5.74) is 1.83. The van der Waals surface area contributed by atoms with E-state index >= 15 is 0 Å². The third-order valence-corrected chi connectivity index (χ3v) is 4.19. The number of allylic oxidation sites excluding steroid dienone is 1. The third-order valence-electron chi connectivity index (χ3n) is 3.35. The molecular formula is C13H16N6O2S. The van der Waals surface area contributed by atoms with Crippen molar-refractivity contribution in [3.63, 3.8) is 0 Å². The lowest BCUT2D eigenvalue weighted by molar-refractivity contribution is -0.118. The van der Waals surface area contributed by atoms with Crippen molar-refractivity contribution in [3.05, 3.63) is 28.2 Å². The van der Waals surface area contributed by atoms with Crippen LogP contribution in [0.15, 0.2) is 17.5 Å². The second kappa shape index (κ2) is 5.41. The SMILES string of the molecule is CC1=C(C(=O)NCc2cn3nc(C)sc3n2)[C@@H](C)NC(=O)N1. The minimum atomic E-state index is -0.330. The van der Waals surface area contributed by atoms with Crippen LogP contribution in [0.2, 0.25) is 0 Å². The molecule has 0 bridgehead atoms. The van der Waals surface area contributed by atoms with E-state index in [-0.39, 0.29) is 18.0 Å². The van der Waals surface area contributed by atoms with Crippen LogP contribution in [-0.4, -0.2) is 32.6 Å². The van der Waals surface area contributed by atoms with Crippen molar-refractivity contribution in [1.82, 2.24) is 30.5 Å². The largest absolute Gasteiger partial charge is 0.346 e. The molecular weight excluding hydrogens is 304 g/mol. The number of hydrogen-bond donors (Lipinski definition) is 3. The summed E-state index contributed by atoms with van der Waals surface area (Å²) in [7, 11) is 0. The summed E-state index contributed by atoms with van der Waals surface area (Å²) in [6.45, 7) is 5.72. The number of nitrogens with zero attached hydrogens (tertiary/aromatic N) is 3. The molecule has 1 atom stereocenters. The molecule has 0 fully saturated rings. The Kier molecular flexibility index (Phi) is 3.57. The number of hydrogen-bond acceptors (Lipinski definition) is 5. The van der Waals surface area contributed by atoms with Gasteiger partial charge in [-0.15, -0.1) is 0 Å². The van der Waals surface area contributed by atoms with Crippen molar-refractivity contribution in [2.75, 3.05) is 0 Å². The van der Waals surface area contributed by atoms with Gasteiger partial charge in [-0.1, -0.05) is 11.3 Å². The number of rotatable bonds is 3. The fourth-order valence-corrected chi connectivity index (χ4v) is 3.17. The molecule has 116 valence electrons. The molecule has 0 aliphatic carbocycles. The molecule has 1 aliphatic rings. The zero-order valence-electron chi connectivity index (χ0n) is 12.4. The molecule has 3 rings (SSSR count). The molecule has 0 aromatic carbocycles. The molecule has 3 amide bonds. The highest BCUT2D eigenvalue weighted by Gasteiger charge is 2.26. The number of aryl methyl sites for hydroxylation is 1. The van der Waals surface area contributed by atoms with Crippen molar-refractivity contribution in [1.29, 1.82) is 0 Å². The Morgan fingerprint density at radius 3 is 2.95 bits per heavy atom. The number of nitrogens with one attached hydrogen (secondary N) is 3. The zero-order chi connectivity index (χ0) is 15.9. The van der Waals surface area contributed by atoms with Gasteiger partial charge in [-0.3, -0.25) is 4.79 Å². The molecule has 0 saturated heterocycles. The fourth-order valence-electron chi connectivity index (χ4n) is 2.43.